The van der Waals surface area contributed by atoms with Crippen molar-refractivity contribution < 1.29 is 9.18 Å². The maximum Gasteiger partial charge on any atom is 0.220 e. The van der Waals surface area contributed by atoms with E-state index in [1.54, 1.807) is 13.0 Å². The summed E-state index contributed by atoms with van der Waals surface area (Å²) >= 11 is 0. The van der Waals surface area contributed by atoms with Crippen LogP contribution in [0.15, 0.2) is 12.1 Å². The van der Waals surface area contributed by atoms with Gasteiger partial charge in [0.15, 0.2) is 0 Å². The fourth-order valence-electron chi connectivity index (χ4n) is 2.86. The molecule has 1 aromatic carbocycles. The molecule has 2 rings (SSSR count). The number of benzene rings is 1. The largest absolute Gasteiger partial charge is 0.371 e. The molecule has 0 aliphatic carbocycles. The first-order valence-electron chi connectivity index (χ1n) is 7.45. The lowest BCUT2D eigenvalue weighted by molar-refractivity contribution is -0.122. The number of anilines is 1. The van der Waals surface area contributed by atoms with Gasteiger partial charge in [-0.25, -0.2) is 4.39 Å². The Morgan fingerprint density at radius 3 is 2.57 bits per heavy atom. The number of nitrogens with one attached hydrogen (secondary N) is 1. The van der Waals surface area contributed by atoms with Gasteiger partial charge in [-0.2, -0.15) is 0 Å². The molecule has 1 aliphatic heterocycles. The van der Waals surface area contributed by atoms with Crippen LogP contribution in [0.25, 0.3) is 0 Å². The van der Waals surface area contributed by atoms with E-state index < -0.39 is 0 Å². The highest BCUT2D eigenvalue weighted by Crippen LogP contribution is 2.32. The van der Waals surface area contributed by atoms with Crippen LogP contribution in [-0.2, 0) is 4.79 Å². The molecule has 21 heavy (non-hydrogen) atoms. The van der Waals surface area contributed by atoms with Crippen molar-refractivity contribution >= 4 is 11.6 Å². The van der Waals surface area contributed by atoms with Gasteiger partial charge in [0, 0.05) is 30.7 Å². The van der Waals surface area contributed by atoms with Gasteiger partial charge < -0.3 is 16.0 Å². The van der Waals surface area contributed by atoms with Gasteiger partial charge in [0.1, 0.15) is 5.82 Å². The fraction of sp³-hybridized carbons (Fsp3) is 0.562. The maximum absolute atomic E-state index is 13.9. The number of amides is 1. The molecule has 1 aliphatic rings. The van der Waals surface area contributed by atoms with Crippen LogP contribution in [0.1, 0.15) is 36.9 Å². The lowest BCUT2D eigenvalue weighted by Gasteiger charge is -2.35. The molecule has 0 bridgehead atoms. The molecule has 116 valence electrons. The topological polar surface area (TPSA) is 58.4 Å². The number of carbonyl (C=O) groups excluding carboxylic acids is 1. The molecule has 1 fully saturated rings. The first kappa shape index (κ1) is 15.8. The number of halogens is 1. The normalized spacial score (nSPS) is 17.8. The van der Waals surface area contributed by atoms with Crippen LogP contribution in [0.2, 0.25) is 0 Å². The predicted molar refractivity (Wildman–Crippen MR) is 82.7 cm³/mol. The minimum absolute atomic E-state index is 0.0343. The van der Waals surface area contributed by atoms with E-state index in [0.29, 0.717) is 5.56 Å². The van der Waals surface area contributed by atoms with E-state index in [-0.39, 0.29) is 23.7 Å². The molecule has 1 saturated heterocycles. The SMILES string of the molecule is CNC(C)c1cc(F)c(C)cc1N1CCC(C(N)=O)CC1. The standard InChI is InChI=1S/C16H24FN3O/c1-10-8-15(13(9-14(10)17)11(2)19-3)20-6-4-12(5-7-20)16(18)21/h8-9,11-12,19H,4-7H2,1-3H3,(H2,18,21). The number of piperidine rings is 1. The van der Waals surface area contributed by atoms with Crippen LogP contribution < -0.4 is 16.0 Å². The van der Waals surface area contributed by atoms with Crippen molar-refractivity contribution in [1.82, 2.24) is 5.32 Å². The van der Waals surface area contributed by atoms with Crippen molar-refractivity contribution in [3.63, 3.8) is 0 Å². The number of nitrogens with zero attached hydrogens (tertiary/aromatic N) is 1. The fourth-order valence-corrected chi connectivity index (χ4v) is 2.86. The Hall–Kier alpha value is -1.62. The Morgan fingerprint density at radius 2 is 2.05 bits per heavy atom. The molecule has 0 spiro atoms. The van der Waals surface area contributed by atoms with Crippen molar-refractivity contribution in [2.75, 3.05) is 25.0 Å². The summed E-state index contributed by atoms with van der Waals surface area (Å²) in [5, 5.41) is 3.17. The van der Waals surface area contributed by atoms with Gasteiger partial charge in [-0.1, -0.05) is 0 Å². The third-order valence-electron chi connectivity index (χ3n) is 4.45. The molecule has 3 N–H and O–H groups in total. The Morgan fingerprint density at radius 1 is 1.43 bits per heavy atom. The summed E-state index contributed by atoms with van der Waals surface area (Å²) in [5.41, 5.74) is 8.04. The van der Waals surface area contributed by atoms with Crippen LogP contribution in [-0.4, -0.2) is 26.0 Å². The molecule has 1 atom stereocenters. The number of aryl methyl sites for hydroxylation is 1. The number of primary amides is 1. The van der Waals surface area contributed by atoms with E-state index >= 15 is 0 Å². The van der Waals surface area contributed by atoms with Gasteiger partial charge in [0.2, 0.25) is 5.91 Å². The number of hydrogen-bond donors (Lipinski definition) is 2. The summed E-state index contributed by atoms with van der Waals surface area (Å²) in [7, 11) is 1.87. The molecule has 5 heteroatoms. The monoisotopic (exact) mass is 293 g/mol. The first-order chi connectivity index (χ1) is 9.93. The van der Waals surface area contributed by atoms with E-state index in [1.807, 2.05) is 20.0 Å². The minimum atomic E-state index is -0.214. The minimum Gasteiger partial charge on any atom is -0.371 e. The molecule has 1 aromatic rings. The van der Waals surface area contributed by atoms with Crippen LogP contribution in [0.3, 0.4) is 0 Å². The second-order valence-electron chi connectivity index (χ2n) is 5.83. The summed E-state index contributed by atoms with van der Waals surface area (Å²) in [5.74, 6) is -0.426. The van der Waals surface area contributed by atoms with Gasteiger partial charge >= 0.3 is 0 Å². The lowest BCUT2D eigenvalue weighted by atomic mass is 9.94. The van der Waals surface area contributed by atoms with E-state index in [1.165, 1.54) is 0 Å². The highest BCUT2D eigenvalue weighted by Gasteiger charge is 2.25. The summed E-state index contributed by atoms with van der Waals surface area (Å²) in [4.78, 5) is 13.5. The molecule has 4 nitrogen and oxygen atoms in total. The Labute approximate surface area is 125 Å². The van der Waals surface area contributed by atoms with Crippen molar-refractivity contribution in [2.24, 2.45) is 11.7 Å². The summed E-state index contributed by atoms with van der Waals surface area (Å²) in [6.07, 6.45) is 1.53. The zero-order chi connectivity index (χ0) is 15.6. The average Bonchev–Trinajstić information content (AvgIpc) is 2.48. The predicted octanol–water partition coefficient (Wildman–Crippen LogP) is 2.12. The maximum atomic E-state index is 13.9. The van der Waals surface area contributed by atoms with Gasteiger partial charge in [-0.3, -0.25) is 4.79 Å². The molecule has 1 heterocycles. The third-order valence-corrected chi connectivity index (χ3v) is 4.45. The van der Waals surface area contributed by atoms with Crippen molar-refractivity contribution in [3.8, 4) is 0 Å². The Balaban J connectivity index is 2.27. The van der Waals surface area contributed by atoms with Crippen molar-refractivity contribution in [3.05, 3.63) is 29.1 Å². The molecule has 0 saturated carbocycles. The van der Waals surface area contributed by atoms with Crippen LogP contribution in [0.4, 0.5) is 10.1 Å². The summed E-state index contributed by atoms with van der Waals surface area (Å²) in [6.45, 7) is 5.36. The lowest BCUT2D eigenvalue weighted by Crippen LogP contribution is -2.39. The molecule has 0 radical (unpaired) electrons. The van der Waals surface area contributed by atoms with Crippen LogP contribution in [0.5, 0.6) is 0 Å². The van der Waals surface area contributed by atoms with Gasteiger partial charge in [0.05, 0.1) is 0 Å². The highest BCUT2D eigenvalue weighted by atomic mass is 19.1. The third kappa shape index (κ3) is 3.35. The van der Waals surface area contributed by atoms with E-state index in [0.717, 1.165) is 37.2 Å². The highest BCUT2D eigenvalue weighted by molar-refractivity contribution is 5.77. The van der Waals surface area contributed by atoms with Gasteiger partial charge in [-0.05, 0) is 57.0 Å². The van der Waals surface area contributed by atoms with Gasteiger partial charge in [0.25, 0.3) is 0 Å². The van der Waals surface area contributed by atoms with E-state index in [2.05, 4.69) is 10.2 Å². The van der Waals surface area contributed by atoms with Crippen LogP contribution >= 0.6 is 0 Å². The van der Waals surface area contributed by atoms with Crippen LogP contribution in [0, 0.1) is 18.7 Å². The molecular weight excluding hydrogens is 269 g/mol. The van der Waals surface area contributed by atoms with Crippen molar-refractivity contribution in [2.45, 2.75) is 32.7 Å². The second-order valence-corrected chi connectivity index (χ2v) is 5.83. The van der Waals surface area contributed by atoms with E-state index in [9.17, 15) is 9.18 Å². The number of hydrogen-bond acceptors (Lipinski definition) is 3. The smallest absolute Gasteiger partial charge is 0.220 e. The van der Waals surface area contributed by atoms with Crippen molar-refractivity contribution in [1.29, 1.82) is 0 Å². The summed E-state index contributed by atoms with van der Waals surface area (Å²) in [6, 6.07) is 3.60. The zero-order valence-corrected chi connectivity index (χ0v) is 12.9. The number of rotatable bonds is 4. The first-order valence-corrected chi connectivity index (χ1v) is 7.45. The average molecular weight is 293 g/mol. The number of carbonyl (C=O) groups is 1. The number of nitrogens with two attached hydrogens (primary N) is 1. The molecule has 1 unspecified atom stereocenters. The second kappa shape index (κ2) is 6.43. The Bertz CT molecular complexity index is 524. The Kier molecular flexibility index (Phi) is 4.83. The quantitative estimate of drug-likeness (QED) is 0.894. The molecule has 1 amide bonds. The molecule has 0 aromatic heterocycles. The van der Waals surface area contributed by atoms with E-state index in [4.69, 9.17) is 5.73 Å². The zero-order valence-electron chi connectivity index (χ0n) is 12.9. The molecular formula is C16H24FN3O. The summed E-state index contributed by atoms with van der Waals surface area (Å²) < 4.78 is 13.9. The van der Waals surface area contributed by atoms with Gasteiger partial charge in [-0.15, -0.1) is 0 Å².